The molecule has 1 aliphatic heterocycles. The number of carbonyl (C=O) groups excluding carboxylic acids is 1. The molecule has 0 aromatic carbocycles. The maximum atomic E-state index is 11.6. The molecule has 1 saturated carbocycles. The summed E-state index contributed by atoms with van der Waals surface area (Å²) in [5, 5.41) is 0. The molecule has 0 radical (unpaired) electrons. The van der Waals surface area contributed by atoms with Crippen molar-refractivity contribution in [3.05, 3.63) is 29.6 Å². The standard InChI is InChI=1S/C19H29N3O2.ClH/c1-18(2,3)22-11-14-6-5-7-15(12-22)19(14,24-4)13-8-9-21-16(10-13)17(20)23;/h8-10,14-15H,5-7,11-12H2,1-4H3,(H2,20,23);1H/t14-,15+,19-;. The zero-order valence-electron chi connectivity index (χ0n) is 15.6. The monoisotopic (exact) mass is 367 g/mol. The van der Waals surface area contributed by atoms with E-state index < -0.39 is 5.91 Å². The minimum atomic E-state index is -0.486. The van der Waals surface area contributed by atoms with Crippen LogP contribution < -0.4 is 5.73 Å². The van der Waals surface area contributed by atoms with E-state index in [9.17, 15) is 4.79 Å². The number of aromatic nitrogens is 1. The van der Waals surface area contributed by atoms with Gasteiger partial charge in [0.05, 0.1) is 0 Å². The quantitative estimate of drug-likeness (QED) is 0.891. The Morgan fingerprint density at radius 2 is 1.92 bits per heavy atom. The van der Waals surface area contributed by atoms with Gasteiger partial charge in [0.1, 0.15) is 11.3 Å². The number of hydrogen-bond donors (Lipinski definition) is 1. The highest BCUT2D eigenvalue weighted by Crippen LogP contribution is 2.52. The molecule has 2 fully saturated rings. The summed E-state index contributed by atoms with van der Waals surface area (Å²) in [5.74, 6) is 0.343. The summed E-state index contributed by atoms with van der Waals surface area (Å²) in [6, 6.07) is 3.83. The third kappa shape index (κ3) is 3.42. The number of amides is 1. The minimum Gasteiger partial charge on any atom is -0.373 e. The average Bonchev–Trinajstić information content (AvgIpc) is 2.52. The van der Waals surface area contributed by atoms with Crippen molar-refractivity contribution in [2.75, 3.05) is 20.2 Å². The fourth-order valence-electron chi connectivity index (χ4n) is 4.71. The lowest BCUT2D eigenvalue weighted by Gasteiger charge is -2.57. The molecule has 1 aliphatic carbocycles. The summed E-state index contributed by atoms with van der Waals surface area (Å²) >= 11 is 0. The molecule has 3 rings (SSSR count). The molecule has 2 aliphatic rings. The first kappa shape index (κ1) is 20.1. The van der Waals surface area contributed by atoms with Crippen LogP contribution in [0.2, 0.25) is 0 Å². The molecule has 2 heterocycles. The molecule has 5 nitrogen and oxygen atoms in total. The van der Waals surface area contributed by atoms with E-state index in [2.05, 4.69) is 30.7 Å². The topological polar surface area (TPSA) is 68.5 Å². The van der Waals surface area contributed by atoms with Gasteiger partial charge < -0.3 is 10.5 Å². The molecule has 2 N–H and O–H groups in total. The van der Waals surface area contributed by atoms with Crippen LogP contribution in [0, 0.1) is 11.8 Å². The Kier molecular flexibility index (Phi) is 5.81. The van der Waals surface area contributed by atoms with Crippen molar-refractivity contribution in [2.24, 2.45) is 17.6 Å². The number of hydrogen-bond acceptors (Lipinski definition) is 4. The van der Waals surface area contributed by atoms with Gasteiger partial charge in [-0.2, -0.15) is 0 Å². The second-order valence-electron chi connectivity index (χ2n) is 8.19. The molecular formula is C19H30ClN3O2. The Morgan fingerprint density at radius 3 is 2.40 bits per heavy atom. The number of fused-ring (bicyclic) bond motifs is 2. The fourth-order valence-corrected chi connectivity index (χ4v) is 4.71. The predicted octanol–water partition coefficient (Wildman–Crippen LogP) is 2.97. The van der Waals surface area contributed by atoms with Gasteiger partial charge in [-0.3, -0.25) is 14.7 Å². The molecule has 1 saturated heterocycles. The molecule has 140 valence electrons. The second kappa shape index (κ2) is 7.22. The van der Waals surface area contributed by atoms with Crippen molar-refractivity contribution >= 4 is 18.3 Å². The van der Waals surface area contributed by atoms with Crippen molar-refractivity contribution in [2.45, 2.75) is 51.2 Å². The number of piperidine rings is 1. The summed E-state index contributed by atoms with van der Waals surface area (Å²) in [5.41, 5.74) is 6.63. The molecule has 6 heteroatoms. The number of nitrogens with zero attached hydrogens (tertiary/aromatic N) is 2. The molecule has 0 spiro atoms. The Labute approximate surface area is 156 Å². The van der Waals surface area contributed by atoms with Crippen LogP contribution in [-0.2, 0) is 10.3 Å². The fraction of sp³-hybridized carbons (Fsp3) is 0.684. The van der Waals surface area contributed by atoms with Crippen LogP contribution >= 0.6 is 12.4 Å². The molecule has 2 bridgehead atoms. The van der Waals surface area contributed by atoms with E-state index in [1.807, 2.05) is 19.2 Å². The lowest BCUT2D eigenvalue weighted by atomic mass is 9.62. The first-order valence-corrected chi connectivity index (χ1v) is 8.85. The summed E-state index contributed by atoms with van der Waals surface area (Å²) in [6.07, 6.45) is 5.21. The Bertz CT molecular complexity index is 615. The highest BCUT2D eigenvalue weighted by molar-refractivity contribution is 5.90. The van der Waals surface area contributed by atoms with Crippen LogP contribution in [-0.4, -0.2) is 41.5 Å². The van der Waals surface area contributed by atoms with E-state index in [0.717, 1.165) is 31.5 Å². The zero-order valence-corrected chi connectivity index (χ0v) is 16.4. The number of primary amides is 1. The first-order valence-electron chi connectivity index (χ1n) is 8.85. The van der Waals surface area contributed by atoms with Crippen molar-refractivity contribution in [3.63, 3.8) is 0 Å². The lowest BCUT2D eigenvalue weighted by Crippen LogP contribution is -2.62. The molecule has 3 atom stereocenters. The van der Waals surface area contributed by atoms with E-state index in [1.54, 1.807) is 6.20 Å². The van der Waals surface area contributed by atoms with Crippen LogP contribution in [0.25, 0.3) is 0 Å². The van der Waals surface area contributed by atoms with Crippen LogP contribution in [0.1, 0.15) is 56.1 Å². The van der Waals surface area contributed by atoms with Gasteiger partial charge in [-0.1, -0.05) is 6.42 Å². The maximum absolute atomic E-state index is 11.6. The van der Waals surface area contributed by atoms with Gasteiger partial charge in [0, 0.05) is 43.8 Å². The number of methoxy groups -OCH3 is 1. The first-order chi connectivity index (χ1) is 11.3. The lowest BCUT2D eigenvalue weighted by molar-refractivity contribution is -0.179. The van der Waals surface area contributed by atoms with Gasteiger partial charge >= 0.3 is 0 Å². The number of rotatable bonds is 3. The van der Waals surface area contributed by atoms with Crippen LogP contribution in [0.3, 0.4) is 0 Å². The van der Waals surface area contributed by atoms with E-state index >= 15 is 0 Å². The SMILES string of the molecule is CO[C@]1(c2ccnc(C(N)=O)c2)[C@@H]2CCC[C@H]1CN(C(C)(C)C)C2.Cl. The largest absolute Gasteiger partial charge is 0.373 e. The maximum Gasteiger partial charge on any atom is 0.267 e. The van der Waals surface area contributed by atoms with Gasteiger partial charge in [0.15, 0.2) is 0 Å². The van der Waals surface area contributed by atoms with E-state index in [1.165, 1.54) is 6.42 Å². The number of ether oxygens (including phenoxy) is 1. The summed E-state index contributed by atoms with van der Waals surface area (Å²) in [6.45, 7) is 8.87. The van der Waals surface area contributed by atoms with Crippen LogP contribution in [0.5, 0.6) is 0 Å². The van der Waals surface area contributed by atoms with Crippen molar-refractivity contribution in [1.29, 1.82) is 0 Å². The molecule has 25 heavy (non-hydrogen) atoms. The highest BCUT2D eigenvalue weighted by Gasteiger charge is 2.54. The smallest absolute Gasteiger partial charge is 0.267 e. The second-order valence-corrected chi connectivity index (χ2v) is 8.19. The molecular weight excluding hydrogens is 338 g/mol. The van der Waals surface area contributed by atoms with Crippen LogP contribution in [0.4, 0.5) is 0 Å². The van der Waals surface area contributed by atoms with Gasteiger partial charge in [0.25, 0.3) is 5.91 Å². The van der Waals surface area contributed by atoms with Gasteiger partial charge in [-0.15, -0.1) is 12.4 Å². The summed E-state index contributed by atoms with van der Waals surface area (Å²) in [4.78, 5) is 18.3. The van der Waals surface area contributed by atoms with Gasteiger partial charge in [-0.05, 0) is 51.3 Å². The van der Waals surface area contributed by atoms with E-state index in [-0.39, 0.29) is 23.5 Å². The number of pyridine rings is 1. The number of likely N-dealkylation sites (tertiary alicyclic amines) is 1. The van der Waals surface area contributed by atoms with Crippen molar-refractivity contribution < 1.29 is 9.53 Å². The van der Waals surface area contributed by atoms with Gasteiger partial charge in [0.2, 0.25) is 0 Å². The Morgan fingerprint density at radius 1 is 1.32 bits per heavy atom. The Hall–Kier alpha value is -1.17. The summed E-state index contributed by atoms with van der Waals surface area (Å²) in [7, 11) is 1.81. The number of nitrogens with two attached hydrogens (primary N) is 1. The average molecular weight is 368 g/mol. The summed E-state index contributed by atoms with van der Waals surface area (Å²) < 4.78 is 6.22. The predicted molar refractivity (Wildman–Crippen MR) is 101 cm³/mol. The van der Waals surface area contributed by atoms with E-state index in [4.69, 9.17) is 10.5 Å². The van der Waals surface area contributed by atoms with Gasteiger partial charge in [-0.25, -0.2) is 0 Å². The normalized spacial score (nSPS) is 29.8. The third-order valence-corrected chi connectivity index (χ3v) is 5.95. The molecule has 1 aromatic heterocycles. The van der Waals surface area contributed by atoms with Crippen molar-refractivity contribution in [3.8, 4) is 0 Å². The third-order valence-electron chi connectivity index (χ3n) is 5.95. The number of halogens is 1. The molecule has 1 amide bonds. The van der Waals surface area contributed by atoms with Crippen molar-refractivity contribution in [1.82, 2.24) is 9.88 Å². The molecule has 1 aromatic rings. The highest BCUT2D eigenvalue weighted by atomic mass is 35.5. The minimum absolute atomic E-state index is 0. The Balaban J connectivity index is 0.00000225. The zero-order chi connectivity index (χ0) is 17.5. The van der Waals surface area contributed by atoms with Crippen LogP contribution in [0.15, 0.2) is 18.3 Å². The molecule has 0 unspecified atom stereocenters. The number of carbonyl (C=O) groups is 1. The van der Waals surface area contributed by atoms with E-state index in [0.29, 0.717) is 17.5 Å².